The number of piperidine rings is 1. The Hall–Kier alpha value is -0.730. The summed E-state index contributed by atoms with van der Waals surface area (Å²) in [6, 6.07) is 6.85. The zero-order valence-electron chi connectivity index (χ0n) is 9.32. The standard InChI is InChI=1S/C13H17ClN2/c14-11-2-4-13(10(6-11)7-15)16-8-9-1-3-12(16)5-9/h2,4,6,9,12H,1,3,5,7-8,15H2. The molecule has 2 fully saturated rings. The van der Waals surface area contributed by atoms with Crippen molar-refractivity contribution in [1.29, 1.82) is 0 Å². The molecule has 3 rings (SSSR count). The van der Waals surface area contributed by atoms with Crippen LogP contribution in [0.25, 0.3) is 0 Å². The number of hydrogen-bond donors (Lipinski definition) is 1. The quantitative estimate of drug-likeness (QED) is 0.856. The third kappa shape index (κ3) is 1.61. The molecule has 2 bridgehead atoms. The lowest BCUT2D eigenvalue weighted by Gasteiger charge is -2.31. The predicted octanol–water partition coefficient (Wildman–Crippen LogP) is 2.79. The predicted molar refractivity (Wildman–Crippen MR) is 67.8 cm³/mol. The number of halogens is 1. The van der Waals surface area contributed by atoms with E-state index in [1.54, 1.807) is 0 Å². The summed E-state index contributed by atoms with van der Waals surface area (Å²) in [5, 5.41) is 0.786. The summed E-state index contributed by atoms with van der Waals surface area (Å²) in [6.45, 7) is 1.78. The number of nitrogens with two attached hydrogens (primary N) is 1. The minimum atomic E-state index is 0.573. The minimum Gasteiger partial charge on any atom is -0.368 e. The molecule has 0 amide bonds. The highest BCUT2D eigenvalue weighted by Crippen LogP contribution is 2.41. The monoisotopic (exact) mass is 236 g/mol. The van der Waals surface area contributed by atoms with E-state index < -0.39 is 0 Å². The molecule has 86 valence electrons. The Bertz CT molecular complexity index is 405. The number of fused-ring (bicyclic) bond motifs is 2. The molecule has 2 unspecified atom stereocenters. The zero-order chi connectivity index (χ0) is 11.1. The van der Waals surface area contributed by atoms with E-state index in [-0.39, 0.29) is 0 Å². The summed E-state index contributed by atoms with van der Waals surface area (Å²) in [5.74, 6) is 0.909. The van der Waals surface area contributed by atoms with Crippen molar-refractivity contribution >= 4 is 17.3 Å². The van der Waals surface area contributed by atoms with Crippen molar-refractivity contribution in [3.63, 3.8) is 0 Å². The van der Waals surface area contributed by atoms with Crippen LogP contribution in [0.4, 0.5) is 5.69 Å². The van der Waals surface area contributed by atoms with Crippen LogP contribution in [0.2, 0.25) is 5.02 Å². The molecule has 1 aliphatic heterocycles. The van der Waals surface area contributed by atoms with Gasteiger partial charge < -0.3 is 10.6 Å². The van der Waals surface area contributed by atoms with E-state index in [0.29, 0.717) is 6.54 Å². The molecule has 1 aromatic rings. The van der Waals surface area contributed by atoms with Crippen molar-refractivity contribution in [2.24, 2.45) is 11.7 Å². The Balaban J connectivity index is 1.94. The minimum absolute atomic E-state index is 0.573. The van der Waals surface area contributed by atoms with Crippen LogP contribution < -0.4 is 10.6 Å². The smallest absolute Gasteiger partial charge is 0.0415 e. The normalized spacial score (nSPS) is 27.8. The fraction of sp³-hybridized carbons (Fsp3) is 0.538. The molecule has 2 aliphatic rings. The highest BCUT2D eigenvalue weighted by atomic mass is 35.5. The Morgan fingerprint density at radius 2 is 2.25 bits per heavy atom. The largest absolute Gasteiger partial charge is 0.368 e. The maximum absolute atomic E-state index is 6.01. The van der Waals surface area contributed by atoms with E-state index in [2.05, 4.69) is 11.0 Å². The Morgan fingerprint density at radius 1 is 1.38 bits per heavy atom. The molecule has 2 atom stereocenters. The third-order valence-corrected chi connectivity index (χ3v) is 4.22. The van der Waals surface area contributed by atoms with Gasteiger partial charge in [-0.2, -0.15) is 0 Å². The molecule has 0 spiro atoms. The van der Waals surface area contributed by atoms with Gasteiger partial charge in [-0.25, -0.2) is 0 Å². The molecule has 1 aliphatic carbocycles. The first kappa shape index (κ1) is 10.4. The van der Waals surface area contributed by atoms with Crippen molar-refractivity contribution in [3.05, 3.63) is 28.8 Å². The second-order valence-electron chi connectivity index (χ2n) is 4.96. The van der Waals surface area contributed by atoms with Crippen LogP contribution in [0.15, 0.2) is 18.2 Å². The summed E-state index contributed by atoms with van der Waals surface area (Å²) >= 11 is 6.01. The maximum atomic E-state index is 6.01. The van der Waals surface area contributed by atoms with Crippen molar-refractivity contribution < 1.29 is 0 Å². The van der Waals surface area contributed by atoms with Crippen molar-refractivity contribution in [2.75, 3.05) is 11.4 Å². The number of benzene rings is 1. The number of hydrogen-bond acceptors (Lipinski definition) is 2. The number of rotatable bonds is 2. The van der Waals surface area contributed by atoms with Gasteiger partial charge >= 0.3 is 0 Å². The van der Waals surface area contributed by atoms with E-state index in [4.69, 9.17) is 17.3 Å². The van der Waals surface area contributed by atoms with Gasteiger partial charge in [0.25, 0.3) is 0 Å². The average Bonchev–Trinajstić information content (AvgIpc) is 2.90. The van der Waals surface area contributed by atoms with Gasteiger partial charge in [-0.1, -0.05) is 11.6 Å². The Kier molecular flexibility index (Phi) is 2.56. The fourth-order valence-electron chi connectivity index (χ4n) is 3.22. The maximum Gasteiger partial charge on any atom is 0.0415 e. The van der Waals surface area contributed by atoms with Crippen LogP contribution in [-0.2, 0) is 6.54 Å². The Labute approximate surface area is 101 Å². The van der Waals surface area contributed by atoms with Crippen LogP contribution in [0.5, 0.6) is 0 Å². The molecule has 2 nitrogen and oxygen atoms in total. The number of anilines is 1. The zero-order valence-corrected chi connectivity index (χ0v) is 10.1. The summed E-state index contributed by atoms with van der Waals surface area (Å²) < 4.78 is 0. The molecule has 3 heteroatoms. The van der Waals surface area contributed by atoms with Crippen molar-refractivity contribution in [2.45, 2.75) is 31.8 Å². The van der Waals surface area contributed by atoms with Gasteiger partial charge in [-0.15, -0.1) is 0 Å². The van der Waals surface area contributed by atoms with E-state index in [9.17, 15) is 0 Å². The van der Waals surface area contributed by atoms with Gasteiger partial charge in [0.05, 0.1) is 0 Å². The summed E-state index contributed by atoms with van der Waals surface area (Å²) in [6.07, 6.45) is 4.12. The summed E-state index contributed by atoms with van der Waals surface area (Å²) in [4.78, 5) is 2.53. The van der Waals surface area contributed by atoms with Crippen LogP contribution in [0.3, 0.4) is 0 Å². The summed E-state index contributed by atoms with van der Waals surface area (Å²) in [7, 11) is 0. The molecule has 0 aromatic heterocycles. The topological polar surface area (TPSA) is 29.3 Å². The second kappa shape index (κ2) is 3.94. The fourth-order valence-corrected chi connectivity index (χ4v) is 3.41. The van der Waals surface area contributed by atoms with Crippen LogP contribution in [-0.4, -0.2) is 12.6 Å². The van der Waals surface area contributed by atoms with Crippen molar-refractivity contribution in [3.8, 4) is 0 Å². The summed E-state index contributed by atoms with van der Waals surface area (Å²) in [5.41, 5.74) is 8.29. The molecule has 0 radical (unpaired) electrons. The first-order valence-corrected chi connectivity index (χ1v) is 6.41. The highest BCUT2D eigenvalue weighted by molar-refractivity contribution is 6.30. The van der Waals surface area contributed by atoms with Gasteiger partial charge in [-0.3, -0.25) is 0 Å². The lowest BCUT2D eigenvalue weighted by atomic mass is 10.1. The highest BCUT2D eigenvalue weighted by Gasteiger charge is 2.38. The lowest BCUT2D eigenvalue weighted by molar-refractivity contribution is 0.552. The van der Waals surface area contributed by atoms with Crippen molar-refractivity contribution in [1.82, 2.24) is 0 Å². The van der Waals surface area contributed by atoms with E-state index in [1.807, 2.05) is 12.1 Å². The second-order valence-corrected chi connectivity index (χ2v) is 5.40. The lowest BCUT2D eigenvalue weighted by Crippen LogP contribution is -2.32. The SMILES string of the molecule is NCc1cc(Cl)ccc1N1CC2CCC1C2. The molecule has 2 N–H and O–H groups in total. The molecular weight excluding hydrogens is 220 g/mol. The first-order chi connectivity index (χ1) is 7.78. The van der Waals surface area contributed by atoms with Gasteiger partial charge in [0.15, 0.2) is 0 Å². The van der Waals surface area contributed by atoms with E-state index in [0.717, 1.165) is 17.0 Å². The first-order valence-electron chi connectivity index (χ1n) is 6.03. The van der Waals surface area contributed by atoms with Gasteiger partial charge in [0.1, 0.15) is 0 Å². The molecule has 1 aromatic carbocycles. The number of nitrogens with zero attached hydrogens (tertiary/aromatic N) is 1. The molecule has 1 saturated heterocycles. The van der Waals surface area contributed by atoms with Crippen LogP contribution in [0.1, 0.15) is 24.8 Å². The Morgan fingerprint density at radius 3 is 2.88 bits per heavy atom. The molecule has 1 heterocycles. The van der Waals surface area contributed by atoms with Crippen LogP contribution in [0, 0.1) is 5.92 Å². The molecule has 1 saturated carbocycles. The molecule has 16 heavy (non-hydrogen) atoms. The van der Waals surface area contributed by atoms with Crippen LogP contribution >= 0.6 is 11.6 Å². The molecular formula is C13H17ClN2. The average molecular weight is 237 g/mol. The third-order valence-electron chi connectivity index (χ3n) is 3.98. The van der Waals surface area contributed by atoms with E-state index >= 15 is 0 Å². The van der Waals surface area contributed by atoms with E-state index in [1.165, 1.54) is 37.1 Å². The van der Waals surface area contributed by atoms with Gasteiger partial charge in [0.2, 0.25) is 0 Å². The van der Waals surface area contributed by atoms with Gasteiger partial charge in [-0.05, 0) is 48.9 Å². The van der Waals surface area contributed by atoms with Gasteiger partial charge in [0, 0.05) is 29.8 Å².